The molecular formula is C23H25NO5. The van der Waals surface area contributed by atoms with E-state index in [0.29, 0.717) is 17.7 Å². The van der Waals surface area contributed by atoms with Crippen LogP contribution in [0.25, 0.3) is 11.0 Å². The number of nitrogens with one attached hydrogen (secondary N) is 1. The lowest BCUT2D eigenvalue weighted by molar-refractivity contribution is -0.154. The van der Waals surface area contributed by atoms with Gasteiger partial charge in [0.25, 0.3) is 5.91 Å². The first-order valence-corrected chi connectivity index (χ1v) is 9.69. The summed E-state index contributed by atoms with van der Waals surface area (Å²) in [4.78, 5) is 24.6. The van der Waals surface area contributed by atoms with E-state index >= 15 is 0 Å². The maximum absolute atomic E-state index is 12.3. The van der Waals surface area contributed by atoms with Gasteiger partial charge in [-0.15, -0.1) is 0 Å². The fraction of sp³-hybridized carbons (Fsp3) is 0.304. The molecule has 0 saturated heterocycles. The Morgan fingerprint density at radius 1 is 1.17 bits per heavy atom. The normalized spacial score (nSPS) is 13.0. The zero-order valence-corrected chi connectivity index (χ0v) is 16.6. The molecule has 29 heavy (non-hydrogen) atoms. The van der Waals surface area contributed by atoms with Crippen LogP contribution in [0.3, 0.4) is 0 Å². The number of phenols is 1. The molecule has 0 bridgehead atoms. The minimum Gasteiger partial charge on any atom is -0.508 e. The van der Waals surface area contributed by atoms with Gasteiger partial charge in [0.2, 0.25) is 0 Å². The second kappa shape index (κ2) is 9.28. The third kappa shape index (κ3) is 5.16. The lowest BCUT2D eigenvalue weighted by atomic mass is 9.96. The molecule has 1 heterocycles. The first-order chi connectivity index (χ1) is 14.0. The quantitative estimate of drug-likeness (QED) is 0.564. The van der Waals surface area contributed by atoms with E-state index in [-0.39, 0.29) is 24.0 Å². The molecule has 0 aliphatic carbocycles. The molecule has 0 aliphatic heterocycles. The molecule has 1 aromatic heterocycles. The van der Waals surface area contributed by atoms with E-state index < -0.39 is 12.1 Å². The number of furan rings is 1. The van der Waals surface area contributed by atoms with Gasteiger partial charge in [-0.25, -0.2) is 0 Å². The molecule has 6 nitrogen and oxygen atoms in total. The zero-order valence-electron chi connectivity index (χ0n) is 16.6. The highest BCUT2D eigenvalue weighted by Gasteiger charge is 2.20. The first-order valence-electron chi connectivity index (χ1n) is 9.69. The number of hydrogen-bond acceptors (Lipinski definition) is 5. The summed E-state index contributed by atoms with van der Waals surface area (Å²) in [5, 5.41) is 13.1. The number of phenolic OH excluding ortho intramolecular Hbond substituents is 1. The predicted octanol–water partition coefficient (Wildman–Crippen LogP) is 3.92. The Labute approximate surface area is 169 Å². The standard InChI is InChI=1S/C23H25NO5/c1-3-16(17-7-5-4-6-8-17)13-24-23(27)15(2)29-22(26)11-18-14-28-21-12-19(25)9-10-20(18)21/h4-10,12,14-16,25H,3,11,13H2,1-2H3,(H,24,27)/t15-,16-/m1/s1. The first kappa shape index (κ1) is 20.5. The van der Waals surface area contributed by atoms with Gasteiger partial charge in [0.15, 0.2) is 6.10 Å². The van der Waals surface area contributed by atoms with E-state index in [9.17, 15) is 14.7 Å². The topological polar surface area (TPSA) is 88.8 Å². The van der Waals surface area contributed by atoms with Crippen molar-refractivity contribution in [2.24, 2.45) is 0 Å². The molecule has 2 aromatic carbocycles. The summed E-state index contributed by atoms with van der Waals surface area (Å²) in [6.45, 7) is 4.11. The van der Waals surface area contributed by atoms with Gasteiger partial charge in [0, 0.05) is 29.5 Å². The van der Waals surface area contributed by atoms with Crippen molar-refractivity contribution < 1.29 is 23.8 Å². The van der Waals surface area contributed by atoms with Gasteiger partial charge < -0.3 is 19.6 Å². The monoisotopic (exact) mass is 395 g/mol. The van der Waals surface area contributed by atoms with Crippen LogP contribution in [-0.2, 0) is 20.7 Å². The van der Waals surface area contributed by atoms with Crippen molar-refractivity contribution in [1.29, 1.82) is 0 Å². The number of carbonyl (C=O) groups excluding carboxylic acids is 2. The van der Waals surface area contributed by atoms with Crippen LogP contribution < -0.4 is 5.32 Å². The second-order valence-corrected chi connectivity index (χ2v) is 7.01. The van der Waals surface area contributed by atoms with Crippen LogP contribution in [-0.4, -0.2) is 29.6 Å². The summed E-state index contributed by atoms with van der Waals surface area (Å²) < 4.78 is 10.6. The summed E-state index contributed by atoms with van der Waals surface area (Å²) in [6, 6.07) is 14.7. The Morgan fingerprint density at radius 3 is 2.66 bits per heavy atom. The smallest absolute Gasteiger partial charge is 0.311 e. The van der Waals surface area contributed by atoms with Gasteiger partial charge in [0.1, 0.15) is 11.3 Å². The Kier molecular flexibility index (Phi) is 6.54. The van der Waals surface area contributed by atoms with Crippen molar-refractivity contribution >= 4 is 22.8 Å². The van der Waals surface area contributed by atoms with Crippen LogP contribution in [0.15, 0.2) is 59.2 Å². The summed E-state index contributed by atoms with van der Waals surface area (Å²) in [7, 11) is 0. The number of aromatic hydroxyl groups is 1. The van der Waals surface area contributed by atoms with E-state index in [0.717, 1.165) is 17.4 Å². The van der Waals surface area contributed by atoms with Gasteiger partial charge in [0.05, 0.1) is 12.7 Å². The average molecular weight is 395 g/mol. The van der Waals surface area contributed by atoms with Crippen LogP contribution in [0.1, 0.15) is 37.3 Å². The second-order valence-electron chi connectivity index (χ2n) is 7.01. The zero-order chi connectivity index (χ0) is 20.8. The van der Waals surface area contributed by atoms with Crippen LogP contribution in [0.5, 0.6) is 5.75 Å². The number of esters is 1. The maximum atomic E-state index is 12.3. The summed E-state index contributed by atoms with van der Waals surface area (Å²) in [5.74, 6) is -0.544. The van der Waals surface area contributed by atoms with Gasteiger partial charge in [-0.1, -0.05) is 37.3 Å². The minimum atomic E-state index is -0.891. The molecule has 0 saturated carbocycles. The van der Waals surface area contributed by atoms with E-state index in [4.69, 9.17) is 9.15 Å². The molecule has 0 unspecified atom stereocenters. The highest BCUT2D eigenvalue weighted by atomic mass is 16.5. The predicted molar refractivity (Wildman–Crippen MR) is 110 cm³/mol. The lowest BCUT2D eigenvalue weighted by Crippen LogP contribution is -2.38. The van der Waals surface area contributed by atoms with Crippen molar-refractivity contribution in [3.8, 4) is 5.75 Å². The van der Waals surface area contributed by atoms with Gasteiger partial charge in [-0.3, -0.25) is 9.59 Å². The Hall–Kier alpha value is -3.28. The number of ether oxygens (including phenoxy) is 1. The largest absolute Gasteiger partial charge is 0.508 e. The number of fused-ring (bicyclic) bond motifs is 1. The Balaban J connectivity index is 1.52. The van der Waals surface area contributed by atoms with Crippen molar-refractivity contribution in [1.82, 2.24) is 5.32 Å². The van der Waals surface area contributed by atoms with Gasteiger partial charge in [-0.05, 0) is 31.0 Å². The van der Waals surface area contributed by atoms with E-state index in [1.54, 1.807) is 13.0 Å². The highest BCUT2D eigenvalue weighted by Crippen LogP contribution is 2.25. The molecule has 2 N–H and O–H groups in total. The van der Waals surface area contributed by atoms with Gasteiger partial charge >= 0.3 is 5.97 Å². The SMILES string of the molecule is CC[C@H](CNC(=O)[C@@H](C)OC(=O)Cc1coc2cc(O)ccc12)c1ccccc1. The maximum Gasteiger partial charge on any atom is 0.311 e. The fourth-order valence-corrected chi connectivity index (χ4v) is 3.25. The van der Waals surface area contributed by atoms with Crippen molar-refractivity contribution in [2.45, 2.75) is 38.7 Å². The lowest BCUT2D eigenvalue weighted by Gasteiger charge is -2.18. The molecule has 0 radical (unpaired) electrons. The molecule has 3 rings (SSSR count). The van der Waals surface area contributed by atoms with Crippen LogP contribution in [0, 0.1) is 0 Å². The van der Waals surface area contributed by atoms with E-state index in [2.05, 4.69) is 12.2 Å². The van der Waals surface area contributed by atoms with Crippen molar-refractivity contribution in [3.63, 3.8) is 0 Å². The summed E-state index contributed by atoms with van der Waals surface area (Å²) >= 11 is 0. The summed E-state index contributed by atoms with van der Waals surface area (Å²) in [5.41, 5.74) is 2.30. The molecule has 3 aromatic rings. The molecule has 0 aliphatic rings. The number of hydrogen-bond donors (Lipinski definition) is 2. The molecule has 2 atom stereocenters. The minimum absolute atomic E-state index is 0.0169. The Bertz CT molecular complexity index is 979. The van der Waals surface area contributed by atoms with Crippen LogP contribution in [0.2, 0.25) is 0 Å². The Morgan fingerprint density at radius 2 is 1.93 bits per heavy atom. The highest BCUT2D eigenvalue weighted by molar-refractivity contribution is 5.88. The molecule has 0 fully saturated rings. The molecule has 1 amide bonds. The number of rotatable bonds is 8. The average Bonchev–Trinajstić information content (AvgIpc) is 3.10. The fourth-order valence-electron chi connectivity index (χ4n) is 3.25. The van der Waals surface area contributed by atoms with Crippen molar-refractivity contribution in [3.05, 3.63) is 65.9 Å². The van der Waals surface area contributed by atoms with E-state index in [1.165, 1.54) is 18.4 Å². The number of benzene rings is 2. The molecule has 152 valence electrons. The third-order valence-electron chi connectivity index (χ3n) is 4.94. The molecule has 0 spiro atoms. The van der Waals surface area contributed by atoms with Crippen LogP contribution >= 0.6 is 0 Å². The molecule has 6 heteroatoms. The summed E-state index contributed by atoms with van der Waals surface area (Å²) in [6.07, 6.45) is 1.44. The van der Waals surface area contributed by atoms with Crippen LogP contribution in [0.4, 0.5) is 0 Å². The van der Waals surface area contributed by atoms with Gasteiger partial charge in [-0.2, -0.15) is 0 Å². The van der Waals surface area contributed by atoms with Crippen molar-refractivity contribution in [2.75, 3.05) is 6.54 Å². The third-order valence-corrected chi connectivity index (χ3v) is 4.94. The number of amides is 1. The molecular weight excluding hydrogens is 370 g/mol. The van der Waals surface area contributed by atoms with E-state index in [1.807, 2.05) is 30.3 Å². The number of carbonyl (C=O) groups is 2.